The van der Waals surface area contributed by atoms with Gasteiger partial charge in [0.05, 0.1) is 24.6 Å². The van der Waals surface area contributed by atoms with Gasteiger partial charge in [-0.3, -0.25) is 0 Å². The topological polar surface area (TPSA) is 36.3 Å². The number of benzene rings is 1. The van der Waals surface area contributed by atoms with Crippen LogP contribution in [0, 0.1) is 11.3 Å². The Morgan fingerprint density at radius 1 is 1.04 bits per heavy atom. The third-order valence-electron chi connectivity index (χ3n) is 7.40. The van der Waals surface area contributed by atoms with E-state index < -0.39 is 5.79 Å². The monoisotopic (exact) mass is 352 g/mol. The predicted molar refractivity (Wildman–Crippen MR) is 100 cm³/mol. The summed E-state index contributed by atoms with van der Waals surface area (Å²) < 4.78 is 14.5. The molecule has 2 atom stereocenters. The largest absolute Gasteiger partial charge is 0.347 e. The fourth-order valence-electron chi connectivity index (χ4n) is 6.00. The van der Waals surface area contributed by atoms with Gasteiger partial charge in [-0.15, -0.1) is 0 Å². The molecular formula is C22H28N2O2. The van der Waals surface area contributed by atoms with Gasteiger partial charge < -0.3 is 9.47 Å². The van der Waals surface area contributed by atoms with Crippen LogP contribution in [0.3, 0.4) is 0 Å². The first kappa shape index (κ1) is 16.5. The van der Waals surface area contributed by atoms with Crippen molar-refractivity contribution in [3.05, 3.63) is 47.8 Å². The number of hydrogen-bond acceptors (Lipinski definition) is 3. The van der Waals surface area contributed by atoms with Gasteiger partial charge in [0.15, 0.2) is 5.79 Å². The van der Waals surface area contributed by atoms with Crippen LogP contribution in [0.2, 0.25) is 0 Å². The van der Waals surface area contributed by atoms with Gasteiger partial charge in [-0.25, -0.2) is 4.68 Å². The number of rotatable bonds is 1. The maximum atomic E-state index is 6.21. The molecule has 2 heterocycles. The molecule has 138 valence electrons. The summed E-state index contributed by atoms with van der Waals surface area (Å²) in [5.41, 5.74) is 3.89. The average Bonchev–Trinajstić information content (AvgIpc) is 3.29. The molecule has 4 heteroatoms. The average molecular weight is 352 g/mol. The zero-order chi connectivity index (χ0) is 18.0. The van der Waals surface area contributed by atoms with E-state index in [0.29, 0.717) is 5.92 Å². The van der Waals surface area contributed by atoms with Gasteiger partial charge in [0, 0.05) is 23.4 Å². The summed E-state index contributed by atoms with van der Waals surface area (Å²) in [6.45, 7) is 8.56. The van der Waals surface area contributed by atoms with E-state index in [0.717, 1.165) is 38.2 Å². The third-order valence-corrected chi connectivity index (χ3v) is 7.40. The Morgan fingerprint density at radius 2 is 1.77 bits per heavy atom. The van der Waals surface area contributed by atoms with E-state index in [9.17, 15) is 0 Å². The molecule has 0 N–H and O–H groups in total. The highest BCUT2D eigenvalue weighted by Gasteiger charge is 2.63. The van der Waals surface area contributed by atoms with Crippen LogP contribution >= 0.6 is 0 Å². The van der Waals surface area contributed by atoms with Gasteiger partial charge in [0.2, 0.25) is 0 Å². The van der Waals surface area contributed by atoms with Crippen LogP contribution in [-0.2, 0) is 21.3 Å². The lowest BCUT2D eigenvalue weighted by molar-refractivity contribution is -0.276. The van der Waals surface area contributed by atoms with Gasteiger partial charge in [-0.2, -0.15) is 5.10 Å². The smallest absolute Gasteiger partial charge is 0.173 e. The first-order chi connectivity index (χ1) is 12.5. The zero-order valence-corrected chi connectivity index (χ0v) is 16.0. The fraction of sp³-hybridized carbons (Fsp3) is 0.591. The molecule has 2 aromatic rings. The Hall–Kier alpha value is -1.65. The lowest BCUT2D eigenvalue weighted by Crippen LogP contribution is -2.61. The molecule has 2 fully saturated rings. The van der Waals surface area contributed by atoms with E-state index in [1.165, 1.54) is 17.7 Å². The number of para-hydroxylation sites is 1. The number of nitrogens with zero attached hydrogens (tertiary/aromatic N) is 2. The van der Waals surface area contributed by atoms with Gasteiger partial charge >= 0.3 is 0 Å². The van der Waals surface area contributed by atoms with Crippen LogP contribution in [0.25, 0.3) is 5.69 Å². The second-order valence-electron chi connectivity index (χ2n) is 8.96. The molecule has 26 heavy (non-hydrogen) atoms. The minimum absolute atomic E-state index is 0.0231. The number of hydrogen-bond donors (Lipinski definition) is 0. The van der Waals surface area contributed by atoms with Crippen molar-refractivity contribution in [3.63, 3.8) is 0 Å². The van der Waals surface area contributed by atoms with Crippen molar-refractivity contribution in [2.24, 2.45) is 11.3 Å². The molecule has 0 radical (unpaired) electrons. The van der Waals surface area contributed by atoms with Gasteiger partial charge in [0.1, 0.15) is 0 Å². The first-order valence-corrected chi connectivity index (χ1v) is 9.89. The molecule has 1 saturated carbocycles. The second-order valence-corrected chi connectivity index (χ2v) is 8.96. The quantitative estimate of drug-likeness (QED) is 0.769. The number of fused-ring (bicyclic) bond motifs is 3. The Morgan fingerprint density at radius 3 is 2.50 bits per heavy atom. The van der Waals surface area contributed by atoms with Crippen molar-refractivity contribution < 1.29 is 9.47 Å². The molecule has 5 rings (SSSR count). The third kappa shape index (κ3) is 2.06. The molecular weight excluding hydrogens is 324 g/mol. The SMILES string of the molecule is CC1(C)[C@@H]2CCc3cn(-c4ccccc4)nc3[C@@]2(C)CCC12OCCO2. The van der Waals surface area contributed by atoms with Crippen molar-refractivity contribution in [1.29, 1.82) is 0 Å². The minimum atomic E-state index is -0.406. The summed E-state index contributed by atoms with van der Waals surface area (Å²) in [4.78, 5) is 0. The molecule has 0 amide bonds. The summed E-state index contributed by atoms with van der Waals surface area (Å²) >= 11 is 0. The highest BCUT2D eigenvalue weighted by molar-refractivity contribution is 5.38. The summed E-state index contributed by atoms with van der Waals surface area (Å²) in [5, 5.41) is 5.09. The standard InChI is InChI=1S/C22H28N2O2/c1-20(2)18-10-9-16-15-24(17-7-5-4-6-8-17)23-19(16)21(18,3)11-12-22(20)25-13-14-26-22/h4-8,15,18H,9-14H2,1-3H3/t18-,21-/m0/s1. The van der Waals surface area contributed by atoms with E-state index in [1.807, 2.05) is 0 Å². The van der Waals surface area contributed by atoms with Gasteiger partial charge in [-0.1, -0.05) is 39.0 Å². The number of ether oxygens (including phenoxy) is 2. The maximum absolute atomic E-state index is 6.21. The van der Waals surface area contributed by atoms with Crippen molar-refractivity contribution in [3.8, 4) is 5.69 Å². The van der Waals surface area contributed by atoms with E-state index >= 15 is 0 Å². The summed E-state index contributed by atoms with van der Waals surface area (Å²) in [5.74, 6) is 0.102. The minimum Gasteiger partial charge on any atom is -0.347 e. The van der Waals surface area contributed by atoms with E-state index in [4.69, 9.17) is 14.6 Å². The van der Waals surface area contributed by atoms with E-state index in [2.05, 4.69) is 62.0 Å². The van der Waals surface area contributed by atoms with E-state index in [-0.39, 0.29) is 10.8 Å². The van der Waals surface area contributed by atoms with Crippen LogP contribution in [0.15, 0.2) is 36.5 Å². The Kier molecular flexibility index (Phi) is 3.45. The second kappa shape index (κ2) is 5.43. The summed E-state index contributed by atoms with van der Waals surface area (Å²) in [7, 11) is 0. The number of aryl methyl sites for hydroxylation is 1. The van der Waals surface area contributed by atoms with Crippen LogP contribution in [0.4, 0.5) is 0 Å². The highest BCUT2D eigenvalue weighted by Crippen LogP contribution is 2.62. The Balaban J connectivity index is 1.57. The molecule has 1 aromatic carbocycles. The summed E-state index contributed by atoms with van der Waals surface area (Å²) in [6, 6.07) is 10.4. The van der Waals surface area contributed by atoms with Crippen LogP contribution in [0.5, 0.6) is 0 Å². The molecule has 3 aliphatic rings. The zero-order valence-electron chi connectivity index (χ0n) is 16.0. The molecule has 1 aromatic heterocycles. The fourth-order valence-corrected chi connectivity index (χ4v) is 6.00. The van der Waals surface area contributed by atoms with Crippen molar-refractivity contribution >= 4 is 0 Å². The molecule has 0 unspecified atom stereocenters. The van der Waals surface area contributed by atoms with Crippen molar-refractivity contribution in [2.75, 3.05) is 13.2 Å². The molecule has 1 saturated heterocycles. The van der Waals surface area contributed by atoms with Gasteiger partial charge in [0.25, 0.3) is 0 Å². The lowest BCUT2D eigenvalue weighted by Gasteiger charge is -2.59. The first-order valence-electron chi connectivity index (χ1n) is 9.89. The number of aromatic nitrogens is 2. The molecule has 4 nitrogen and oxygen atoms in total. The normalized spacial score (nSPS) is 31.6. The maximum Gasteiger partial charge on any atom is 0.173 e. The highest BCUT2D eigenvalue weighted by atomic mass is 16.7. The molecule has 2 aliphatic carbocycles. The van der Waals surface area contributed by atoms with Crippen LogP contribution in [-0.4, -0.2) is 28.8 Å². The van der Waals surface area contributed by atoms with Crippen LogP contribution in [0.1, 0.15) is 51.3 Å². The Bertz CT molecular complexity index is 820. The molecule has 0 bridgehead atoms. The predicted octanol–water partition coefficient (Wildman–Crippen LogP) is 4.26. The molecule has 1 spiro atoms. The Labute approximate surface area is 155 Å². The molecule has 1 aliphatic heterocycles. The lowest BCUT2D eigenvalue weighted by atomic mass is 9.49. The van der Waals surface area contributed by atoms with Crippen molar-refractivity contribution in [2.45, 2.75) is 57.7 Å². The van der Waals surface area contributed by atoms with Crippen molar-refractivity contribution in [1.82, 2.24) is 9.78 Å². The van der Waals surface area contributed by atoms with E-state index in [1.54, 1.807) is 0 Å². The summed E-state index contributed by atoms with van der Waals surface area (Å²) in [6.07, 6.45) is 6.52. The van der Waals surface area contributed by atoms with Crippen LogP contribution < -0.4 is 0 Å². The van der Waals surface area contributed by atoms with Gasteiger partial charge in [-0.05, 0) is 42.9 Å².